The van der Waals surface area contributed by atoms with Gasteiger partial charge in [-0.05, 0) is 11.5 Å². The van der Waals surface area contributed by atoms with Crippen molar-refractivity contribution in [2.45, 2.75) is 0 Å². The van der Waals surface area contributed by atoms with Crippen molar-refractivity contribution in [3.8, 4) is 0 Å². The molecule has 2 aliphatic heterocycles. The average Bonchev–Trinajstić information content (AvgIpc) is 2.79. The van der Waals surface area contributed by atoms with Gasteiger partial charge in [0, 0.05) is 16.9 Å². The first-order valence-electron chi connectivity index (χ1n) is 6.64. The highest BCUT2D eigenvalue weighted by Crippen LogP contribution is 2.43. The fourth-order valence-electron chi connectivity index (χ4n) is 2.65. The molecule has 0 atom stereocenters. The van der Waals surface area contributed by atoms with Crippen LogP contribution < -0.4 is 4.90 Å². The summed E-state index contributed by atoms with van der Waals surface area (Å²) in [6, 6.07) is 13.5. The molecular formula is C16H11NO2S2. The molecule has 2 heterocycles. The molecule has 2 aliphatic rings. The van der Waals surface area contributed by atoms with Crippen molar-refractivity contribution in [1.82, 2.24) is 0 Å². The highest BCUT2D eigenvalue weighted by Gasteiger charge is 2.41. The van der Waals surface area contributed by atoms with Gasteiger partial charge in [0.1, 0.15) is 0 Å². The van der Waals surface area contributed by atoms with Crippen molar-refractivity contribution in [2.24, 2.45) is 0 Å². The zero-order chi connectivity index (χ0) is 14.4. The number of nitrogens with zero attached hydrogens (tertiary/aromatic N) is 1. The Hall–Kier alpha value is -1.72. The molecule has 0 N–H and O–H groups in total. The SMILES string of the molecule is O=C1C2=C(SCCS2)C(=O)N1c1cccc2ccccc12. The Kier molecular flexibility index (Phi) is 3.05. The summed E-state index contributed by atoms with van der Waals surface area (Å²) in [5.41, 5.74) is 0.679. The van der Waals surface area contributed by atoms with Gasteiger partial charge in [-0.1, -0.05) is 36.4 Å². The number of thioether (sulfide) groups is 2. The Morgan fingerprint density at radius 2 is 1.43 bits per heavy atom. The summed E-state index contributed by atoms with van der Waals surface area (Å²) in [5.74, 6) is 1.41. The predicted octanol–water partition coefficient (Wildman–Crippen LogP) is 3.40. The zero-order valence-corrected chi connectivity index (χ0v) is 12.7. The van der Waals surface area contributed by atoms with Gasteiger partial charge in [0.05, 0.1) is 15.5 Å². The van der Waals surface area contributed by atoms with Crippen molar-refractivity contribution in [2.75, 3.05) is 16.4 Å². The van der Waals surface area contributed by atoms with E-state index in [0.717, 1.165) is 22.3 Å². The molecule has 2 aromatic rings. The molecular weight excluding hydrogens is 302 g/mol. The molecule has 3 nitrogen and oxygen atoms in total. The number of hydrogen-bond acceptors (Lipinski definition) is 4. The number of benzene rings is 2. The molecule has 2 amide bonds. The quantitative estimate of drug-likeness (QED) is 0.756. The number of carbonyl (C=O) groups excluding carboxylic acids is 2. The van der Waals surface area contributed by atoms with Crippen molar-refractivity contribution in [3.05, 3.63) is 52.3 Å². The molecule has 0 fully saturated rings. The van der Waals surface area contributed by atoms with Crippen molar-refractivity contribution in [3.63, 3.8) is 0 Å². The molecule has 5 heteroatoms. The molecule has 2 aromatic carbocycles. The Bertz CT molecular complexity index is 780. The number of hydrogen-bond donors (Lipinski definition) is 0. The fraction of sp³-hybridized carbons (Fsp3) is 0.125. The second-order valence-electron chi connectivity index (χ2n) is 4.80. The van der Waals surface area contributed by atoms with Gasteiger partial charge in [0.15, 0.2) is 0 Å². The van der Waals surface area contributed by atoms with E-state index < -0.39 is 0 Å². The first-order chi connectivity index (χ1) is 10.3. The van der Waals surface area contributed by atoms with Gasteiger partial charge >= 0.3 is 0 Å². The lowest BCUT2D eigenvalue weighted by molar-refractivity contribution is -0.120. The molecule has 0 aromatic heterocycles. The summed E-state index contributed by atoms with van der Waals surface area (Å²) in [5, 5.41) is 1.96. The second-order valence-corrected chi connectivity index (χ2v) is 7.01. The molecule has 0 radical (unpaired) electrons. The Balaban J connectivity index is 1.87. The smallest absolute Gasteiger partial charge is 0.268 e. The molecule has 0 saturated heterocycles. The Morgan fingerprint density at radius 1 is 0.810 bits per heavy atom. The molecule has 21 heavy (non-hydrogen) atoms. The Morgan fingerprint density at radius 3 is 2.14 bits per heavy atom. The van der Waals surface area contributed by atoms with Crippen LogP contribution in [0.5, 0.6) is 0 Å². The van der Waals surface area contributed by atoms with Gasteiger partial charge in [0.2, 0.25) is 0 Å². The third kappa shape index (κ3) is 1.92. The standard InChI is InChI=1S/C16H11NO2S2/c18-15-13-14(21-9-8-20-13)16(19)17(15)12-7-3-5-10-4-1-2-6-11(10)12/h1-7H,8-9H2. The van der Waals surface area contributed by atoms with Crippen LogP contribution in [0.3, 0.4) is 0 Å². The number of imide groups is 1. The highest BCUT2D eigenvalue weighted by atomic mass is 32.2. The van der Waals surface area contributed by atoms with Crippen LogP contribution in [0.4, 0.5) is 5.69 Å². The molecule has 0 spiro atoms. The molecule has 4 rings (SSSR count). The highest BCUT2D eigenvalue weighted by molar-refractivity contribution is 8.11. The maximum atomic E-state index is 12.6. The molecule has 0 saturated carbocycles. The number of anilines is 1. The van der Waals surface area contributed by atoms with E-state index in [2.05, 4.69) is 0 Å². The van der Waals surface area contributed by atoms with Crippen LogP contribution in [-0.4, -0.2) is 23.3 Å². The monoisotopic (exact) mass is 313 g/mol. The summed E-state index contributed by atoms with van der Waals surface area (Å²) in [6.45, 7) is 0. The minimum Gasteiger partial charge on any atom is -0.268 e. The van der Waals surface area contributed by atoms with E-state index in [1.165, 1.54) is 28.4 Å². The van der Waals surface area contributed by atoms with E-state index in [9.17, 15) is 9.59 Å². The van der Waals surface area contributed by atoms with Gasteiger partial charge in [-0.15, -0.1) is 23.5 Å². The first kappa shape index (κ1) is 13.0. The summed E-state index contributed by atoms with van der Waals surface area (Å²) < 4.78 is 0. The van der Waals surface area contributed by atoms with E-state index in [4.69, 9.17) is 0 Å². The van der Waals surface area contributed by atoms with Crippen LogP contribution >= 0.6 is 23.5 Å². The van der Waals surface area contributed by atoms with Gasteiger partial charge in [-0.2, -0.15) is 0 Å². The van der Waals surface area contributed by atoms with Crippen LogP contribution in [-0.2, 0) is 9.59 Å². The number of carbonyl (C=O) groups is 2. The van der Waals surface area contributed by atoms with Crippen LogP contribution in [0.15, 0.2) is 52.3 Å². The van der Waals surface area contributed by atoms with Crippen molar-refractivity contribution >= 4 is 51.8 Å². The minimum atomic E-state index is -0.177. The fourth-order valence-corrected chi connectivity index (χ4v) is 4.95. The van der Waals surface area contributed by atoms with Gasteiger partial charge in [-0.3, -0.25) is 9.59 Å². The predicted molar refractivity (Wildman–Crippen MR) is 88.4 cm³/mol. The summed E-state index contributed by atoms with van der Waals surface area (Å²) in [4.78, 5) is 27.8. The van der Waals surface area contributed by atoms with Gasteiger partial charge in [-0.25, -0.2) is 4.90 Å². The van der Waals surface area contributed by atoms with Gasteiger partial charge in [0.25, 0.3) is 11.8 Å². The van der Waals surface area contributed by atoms with Crippen molar-refractivity contribution < 1.29 is 9.59 Å². The molecule has 0 unspecified atom stereocenters. The zero-order valence-electron chi connectivity index (χ0n) is 11.0. The largest absolute Gasteiger partial charge is 0.273 e. The third-order valence-corrected chi connectivity index (χ3v) is 6.12. The molecule has 0 aliphatic carbocycles. The summed E-state index contributed by atoms with van der Waals surface area (Å²) in [7, 11) is 0. The van der Waals surface area contributed by atoms with E-state index in [1.807, 2.05) is 42.5 Å². The number of rotatable bonds is 1. The summed E-state index contributed by atoms with van der Waals surface area (Å²) in [6.07, 6.45) is 0. The first-order valence-corrected chi connectivity index (χ1v) is 8.61. The van der Waals surface area contributed by atoms with Gasteiger partial charge < -0.3 is 0 Å². The number of fused-ring (bicyclic) bond motifs is 1. The van der Waals surface area contributed by atoms with Crippen LogP contribution in [0.2, 0.25) is 0 Å². The third-order valence-electron chi connectivity index (χ3n) is 3.58. The van der Waals surface area contributed by atoms with Crippen LogP contribution in [0, 0.1) is 0 Å². The summed E-state index contributed by atoms with van der Waals surface area (Å²) >= 11 is 2.99. The Labute approximate surface area is 130 Å². The lowest BCUT2D eigenvalue weighted by atomic mass is 10.1. The average molecular weight is 313 g/mol. The normalized spacial score (nSPS) is 18.6. The van der Waals surface area contributed by atoms with Crippen molar-refractivity contribution in [1.29, 1.82) is 0 Å². The van der Waals surface area contributed by atoms with E-state index in [1.54, 1.807) is 0 Å². The lowest BCUT2D eigenvalue weighted by Gasteiger charge is -2.17. The second kappa shape index (κ2) is 4.93. The van der Waals surface area contributed by atoms with Crippen LogP contribution in [0.1, 0.15) is 0 Å². The topological polar surface area (TPSA) is 37.4 Å². The van der Waals surface area contributed by atoms with E-state index >= 15 is 0 Å². The number of amides is 2. The van der Waals surface area contributed by atoms with E-state index in [-0.39, 0.29) is 11.8 Å². The van der Waals surface area contributed by atoms with E-state index in [0.29, 0.717) is 15.5 Å². The maximum absolute atomic E-state index is 12.6. The van der Waals surface area contributed by atoms with Crippen LogP contribution in [0.25, 0.3) is 10.8 Å². The molecule has 0 bridgehead atoms. The molecule has 104 valence electrons. The lowest BCUT2D eigenvalue weighted by Crippen LogP contribution is -2.31. The minimum absolute atomic E-state index is 0.177. The maximum Gasteiger partial charge on any atom is 0.273 e.